The maximum Gasteiger partial charge on any atom is 0.357 e. The van der Waals surface area contributed by atoms with E-state index in [1.807, 2.05) is 6.07 Å². The molecule has 130 valence electrons. The number of nitrogens with one attached hydrogen (secondary N) is 1. The number of aromatic nitrogens is 5. The number of esters is 1. The number of hydrogen-bond acceptors (Lipinski definition) is 8. The monoisotopic (exact) mass is 353 g/mol. The lowest BCUT2D eigenvalue weighted by molar-refractivity contribution is 0.0591. The fourth-order valence-corrected chi connectivity index (χ4v) is 2.44. The highest BCUT2D eigenvalue weighted by atomic mass is 16.5. The second-order valence-electron chi connectivity index (χ2n) is 5.05. The van der Waals surface area contributed by atoms with E-state index in [4.69, 9.17) is 10.5 Å². The summed E-state index contributed by atoms with van der Waals surface area (Å²) in [6.45, 7) is 0. The number of anilines is 1. The van der Waals surface area contributed by atoms with Gasteiger partial charge in [-0.05, 0) is 17.3 Å². The van der Waals surface area contributed by atoms with Crippen LogP contribution in [-0.2, 0) is 4.74 Å². The number of nitriles is 1. The van der Waals surface area contributed by atoms with Crippen molar-refractivity contribution in [1.82, 2.24) is 25.2 Å². The lowest BCUT2D eigenvalue weighted by Crippen LogP contribution is -2.13. The number of H-pyrrole nitrogens is 1. The van der Waals surface area contributed by atoms with E-state index >= 15 is 0 Å². The van der Waals surface area contributed by atoms with Gasteiger partial charge in [0.15, 0.2) is 5.69 Å². The molecule has 11 heteroatoms. The first-order chi connectivity index (χ1) is 12.5. The minimum absolute atomic E-state index is 0.00621. The summed E-state index contributed by atoms with van der Waals surface area (Å²) in [6, 6.07) is 6.12. The summed E-state index contributed by atoms with van der Waals surface area (Å²) in [6.07, 6.45) is 1.27. The average molecular weight is 353 g/mol. The van der Waals surface area contributed by atoms with Crippen LogP contribution in [0, 0.1) is 11.3 Å². The SMILES string of the molecule is COC(=O)c1c(N)c(C#N)cn1-c1cc(-c2nn[nH]n2)ccc1C(=O)O. The molecule has 0 spiro atoms. The molecule has 0 aliphatic carbocycles. The fraction of sp³-hybridized carbons (Fsp3) is 0.0667. The van der Waals surface area contributed by atoms with Gasteiger partial charge in [-0.2, -0.15) is 10.5 Å². The number of carboxylic acid groups (broad SMARTS) is 1. The minimum Gasteiger partial charge on any atom is -0.478 e. The zero-order chi connectivity index (χ0) is 18.8. The van der Waals surface area contributed by atoms with Gasteiger partial charge in [0.2, 0.25) is 5.82 Å². The Morgan fingerprint density at radius 2 is 2.19 bits per heavy atom. The molecule has 0 fully saturated rings. The van der Waals surface area contributed by atoms with Crippen molar-refractivity contribution in [3.8, 4) is 23.1 Å². The number of aromatic carboxylic acids is 1. The maximum absolute atomic E-state index is 12.1. The van der Waals surface area contributed by atoms with Gasteiger partial charge in [0, 0.05) is 11.8 Å². The van der Waals surface area contributed by atoms with E-state index in [2.05, 4.69) is 20.6 Å². The molecule has 4 N–H and O–H groups in total. The number of rotatable bonds is 4. The highest BCUT2D eigenvalue weighted by Gasteiger charge is 2.25. The van der Waals surface area contributed by atoms with Crippen LogP contribution in [0.15, 0.2) is 24.4 Å². The lowest BCUT2D eigenvalue weighted by Gasteiger charge is -2.12. The Bertz CT molecular complexity index is 1050. The van der Waals surface area contributed by atoms with Crippen LogP contribution in [0.4, 0.5) is 5.69 Å². The third kappa shape index (κ3) is 2.61. The van der Waals surface area contributed by atoms with Crippen molar-refractivity contribution >= 4 is 17.6 Å². The fourth-order valence-electron chi connectivity index (χ4n) is 2.44. The van der Waals surface area contributed by atoms with Gasteiger partial charge in [-0.1, -0.05) is 6.07 Å². The number of nitrogen functional groups attached to an aromatic ring is 1. The minimum atomic E-state index is -1.23. The number of carbonyl (C=O) groups excluding carboxylic acids is 1. The zero-order valence-corrected chi connectivity index (χ0v) is 13.3. The Morgan fingerprint density at radius 3 is 2.77 bits per heavy atom. The number of carbonyl (C=O) groups is 2. The van der Waals surface area contributed by atoms with Gasteiger partial charge >= 0.3 is 11.9 Å². The molecule has 2 aromatic heterocycles. The van der Waals surface area contributed by atoms with Crippen LogP contribution in [0.5, 0.6) is 0 Å². The van der Waals surface area contributed by atoms with Gasteiger partial charge in [0.25, 0.3) is 0 Å². The maximum atomic E-state index is 12.1. The predicted octanol–water partition coefficient (Wildman–Crippen LogP) is 0.596. The van der Waals surface area contributed by atoms with E-state index in [-0.39, 0.29) is 34.0 Å². The van der Waals surface area contributed by atoms with Crippen LogP contribution in [0.1, 0.15) is 26.4 Å². The van der Waals surface area contributed by atoms with Crippen molar-refractivity contribution < 1.29 is 19.4 Å². The molecule has 0 saturated carbocycles. The van der Waals surface area contributed by atoms with E-state index in [9.17, 15) is 20.0 Å². The number of methoxy groups -OCH3 is 1. The number of nitrogens with two attached hydrogens (primary N) is 1. The van der Waals surface area contributed by atoms with E-state index in [0.717, 1.165) is 7.11 Å². The number of tetrazole rings is 1. The first-order valence-electron chi connectivity index (χ1n) is 7.08. The summed E-state index contributed by atoms with van der Waals surface area (Å²) in [7, 11) is 1.15. The summed E-state index contributed by atoms with van der Waals surface area (Å²) in [5.41, 5.74) is 6.01. The molecule has 0 saturated heterocycles. The molecule has 3 rings (SSSR count). The van der Waals surface area contributed by atoms with Crippen molar-refractivity contribution in [2.75, 3.05) is 12.8 Å². The number of nitrogens with zero attached hydrogens (tertiary/aromatic N) is 5. The van der Waals surface area contributed by atoms with Crippen molar-refractivity contribution in [3.05, 3.63) is 41.2 Å². The van der Waals surface area contributed by atoms with Gasteiger partial charge in [-0.3, -0.25) is 0 Å². The Labute approximate surface area is 145 Å². The molecule has 0 atom stereocenters. The van der Waals surface area contributed by atoms with Crippen LogP contribution < -0.4 is 5.73 Å². The molecule has 0 aliphatic rings. The van der Waals surface area contributed by atoms with Gasteiger partial charge in [-0.15, -0.1) is 10.2 Å². The summed E-state index contributed by atoms with van der Waals surface area (Å²) in [4.78, 5) is 23.8. The lowest BCUT2D eigenvalue weighted by atomic mass is 10.1. The first kappa shape index (κ1) is 16.7. The van der Waals surface area contributed by atoms with Crippen LogP contribution in [-0.4, -0.2) is 49.3 Å². The second kappa shape index (κ2) is 6.36. The van der Waals surface area contributed by atoms with Crippen LogP contribution >= 0.6 is 0 Å². The van der Waals surface area contributed by atoms with Gasteiger partial charge in [-0.25, -0.2) is 9.59 Å². The van der Waals surface area contributed by atoms with Crippen molar-refractivity contribution in [1.29, 1.82) is 5.26 Å². The molecule has 0 bridgehead atoms. The van der Waals surface area contributed by atoms with E-state index in [0.29, 0.717) is 5.56 Å². The summed E-state index contributed by atoms with van der Waals surface area (Å²) >= 11 is 0. The average Bonchev–Trinajstić information content (AvgIpc) is 3.28. The predicted molar refractivity (Wildman–Crippen MR) is 86.4 cm³/mol. The number of hydrogen-bond donors (Lipinski definition) is 3. The molecule has 0 radical (unpaired) electrons. The molecule has 0 aliphatic heterocycles. The largest absolute Gasteiger partial charge is 0.478 e. The standard InChI is InChI=1S/C15H11N7O4/c1-26-15(25)12-11(17)8(5-16)6-22(12)10-4-7(13-18-20-21-19-13)2-3-9(10)14(23)24/h2-4,6H,17H2,1H3,(H,23,24)(H,18,19,20,21). The van der Waals surface area contributed by atoms with Crippen molar-refractivity contribution in [2.45, 2.75) is 0 Å². The topological polar surface area (TPSA) is 173 Å². The molecule has 3 aromatic rings. The van der Waals surface area contributed by atoms with Crippen molar-refractivity contribution in [3.63, 3.8) is 0 Å². The van der Waals surface area contributed by atoms with E-state index in [1.165, 1.54) is 29.0 Å². The Balaban J connectivity index is 2.32. The van der Waals surface area contributed by atoms with Gasteiger partial charge in [0.1, 0.15) is 6.07 Å². The summed E-state index contributed by atoms with van der Waals surface area (Å²) in [5, 5.41) is 32.1. The highest BCUT2D eigenvalue weighted by molar-refractivity contribution is 5.98. The summed E-state index contributed by atoms with van der Waals surface area (Å²) in [5.74, 6) is -1.82. The number of carboxylic acids is 1. The molecular formula is C15H11N7O4. The van der Waals surface area contributed by atoms with Crippen molar-refractivity contribution in [2.24, 2.45) is 0 Å². The first-order valence-corrected chi connectivity index (χ1v) is 7.08. The molecule has 0 amide bonds. The quantitative estimate of drug-likeness (QED) is 0.567. The number of benzene rings is 1. The molecule has 1 aromatic carbocycles. The third-order valence-corrected chi connectivity index (χ3v) is 3.63. The molecule has 0 unspecified atom stereocenters. The van der Waals surface area contributed by atoms with Gasteiger partial charge < -0.3 is 20.1 Å². The Morgan fingerprint density at radius 1 is 1.42 bits per heavy atom. The van der Waals surface area contributed by atoms with Crippen LogP contribution in [0.25, 0.3) is 17.1 Å². The number of ether oxygens (including phenoxy) is 1. The second-order valence-corrected chi connectivity index (χ2v) is 5.05. The molecule has 11 nitrogen and oxygen atoms in total. The molecule has 26 heavy (non-hydrogen) atoms. The van der Waals surface area contributed by atoms with Crippen LogP contribution in [0.3, 0.4) is 0 Å². The van der Waals surface area contributed by atoms with Crippen LogP contribution in [0.2, 0.25) is 0 Å². The number of aromatic amines is 1. The Kier molecular flexibility index (Phi) is 4.07. The molecular weight excluding hydrogens is 342 g/mol. The normalized spacial score (nSPS) is 10.3. The third-order valence-electron chi connectivity index (χ3n) is 3.63. The van der Waals surface area contributed by atoms with E-state index < -0.39 is 11.9 Å². The van der Waals surface area contributed by atoms with E-state index in [1.54, 1.807) is 0 Å². The highest BCUT2D eigenvalue weighted by Crippen LogP contribution is 2.29. The smallest absolute Gasteiger partial charge is 0.357 e. The Hall–Kier alpha value is -4.20. The summed E-state index contributed by atoms with van der Waals surface area (Å²) < 4.78 is 5.90. The van der Waals surface area contributed by atoms with Gasteiger partial charge in [0.05, 0.1) is 29.6 Å². The molecule has 2 heterocycles. The zero-order valence-electron chi connectivity index (χ0n) is 13.3.